The van der Waals surface area contributed by atoms with Gasteiger partial charge in [0.05, 0.1) is 16.6 Å². The molecule has 1 aliphatic rings. The predicted molar refractivity (Wildman–Crippen MR) is 124 cm³/mol. The lowest BCUT2D eigenvalue weighted by atomic mass is 9.98. The molecule has 2 heterocycles. The fraction of sp³-hybridized carbons (Fsp3) is 0.320. The molecule has 2 aromatic carbocycles. The Balaban J connectivity index is 1.50. The Morgan fingerprint density at radius 3 is 2.45 bits per heavy atom. The van der Waals surface area contributed by atoms with E-state index < -0.39 is 11.7 Å². The first-order chi connectivity index (χ1) is 15.8. The van der Waals surface area contributed by atoms with Crippen LogP contribution in [0.4, 0.5) is 13.2 Å². The first-order valence-electron chi connectivity index (χ1n) is 10.9. The highest BCUT2D eigenvalue weighted by atomic mass is 19.4. The Morgan fingerprint density at radius 2 is 1.85 bits per heavy atom. The summed E-state index contributed by atoms with van der Waals surface area (Å²) < 4.78 is 38.9. The van der Waals surface area contributed by atoms with Gasteiger partial charge in [-0.1, -0.05) is 31.2 Å². The Labute approximate surface area is 190 Å². The van der Waals surface area contributed by atoms with Crippen LogP contribution in [0.3, 0.4) is 0 Å². The molecule has 1 aromatic heterocycles. The number of aromatic amines is 1. The minimum atomic E-state index is -4.39. The number of rotatable bonds is 6. The molecular weight excluding hydrogens is 429 g/mol. The van der Waals surface area contributed by atoms with Crippen molar-refractivity contribution in [2.24, 2.45) is 10.9 Å². The van der Waals surface area contributed by atoms with Crippen molar-refractivity contribution in [3.05, 3.63) is 59.8 Å². The lowest BCUT2D eigenvalue weighted by Crippen LogP contribution is -2.32. The standard InChI is InChI=1S/C25H25F3N4O/c1-3-16(15-33)14-32(2)23-11-8-19(13-29-23)17-4-6-18(7-5-17)24-30-21-10-9-20(25(26,27)28)12-22(21)31-24/h4-7,9-10,12-13,15-16H,3,8,11,14H2,1-2H3,(H,30,31). The summed E-state index contributed by atoms with van der Waals surface area (Å²) in [5, 5.41) is 0. The van der Waals surface area contributed by atoms with Gasteiger partial charge in [0.15, 0.2) is 0 Å². The van der Waals surface area contributed by atoms with E-state index >= 15 is 0 Å². The Morgan fingerprint density at radius 1 is 1.12 bits per heavy atom. The summed E-state index contributed by atoms with van der Waals surface area (Å²) in [7, 11) is 1.96. The number of carbonyl (C=O) groups is 1. The highest BCUT2D eigenvalue weighted by Crippen LogP contribution is 2.32. The molecule has 0 saturated heterocycles. The zero-order chi connectivity index (χ0) is 23.6. The van der Waals surface area contributed by atoms with E-state index in [1.165, 1.54) is 6.07 Å². The van der Waals surface area contributed by atoms with E-state index in [1.807, 2.05) is 49.3 Å². The summed E-state index contributed by atoms with van der Waals surface area (Å²) in [5.74, 6) is 1.50. The normalized spacial score (nSPS) is 15.2. The monoisotopic (exact) mass is 454 g/mol. The van der Waals surface area contributed by atoms with Crippen LogP contribution in [0.2, 0.25) is 0 Å². The summed E-state index contributed by atoms with van der Waals surface area (Å²) in [6, 6.07) is 11.2. The number of H-pyrrole nitrogens is 1. The zero-order valence-electron chi connectivity index (χ0n) is 18.5. The van der Waals surface area contributed by atoms with Crippen LogP contribution >= 0.6 is 0 Å². The summed E-state index contributed by atoms with van der Waals surface area (Å²) in [4.78, 5) is 25.2. The van der Waals surface area contributed by atoms with Crippen molar-refractivity contribution in [3.8, 4) is 11.4 Å². The fourth-order valence-corrected chi connectivity index (χ4v) is 3.93. The molecule has 172 valence electrons. The number of aliphatic imine (C=N–C) groups is 1. The Hall–Kier alpha value is -3.42. The van der Waals surface area contributed by atoms with Gasteiger partial charge in [0.2, 0.25) is 0 Å². The van der Waals surface area contributed by atoms with E-state index in [0.29, 0.717) is 23.4 Å². The van der Waals surface area contributed by atoms with E-state index in [0.717, 1.165) is 60.2 Å². The van der Waals surface area contributed by atoms with Gasteiger partial charge in [-0.25, -0.2) is 9.98 Å². The topological polar surface area (TPSA) is 61.4 Å². The van der Waals surface area contributed by atoms with E-state index in [4.69, 9.17) is 0 Å². The third-order valence-corrected chi connectivity index (χ3v) is 5.99. The number of halogens is 3. The molecule has 0 saturated carbocycles. The molecule has 0 aliphatic carbocycles. The van der Waals surface area contributed by atoms with Crippen LogP contribution < -0.4 is 0 Å². The predicted octanol–water partition coefficient (Wildman–Crippen LogP) is 5.94. The van der Waals surface area contributed by atoms with E-state index in [1.54, 1.807) is 0 Å². The molecule has 4 rings (SSSR count). The van der Waals surface area contributed by atoms with Gasteiger partial charge in [-0.05, 0) is 42.2 Å². The Kier molecular flexibility index (Phi) is 6.35. The molecule has 1 unspecified atom stereocenters. The van der Waals surface area contributed by atoms with Gasteiger partial charge >= 0.3 is 6.18 Å². The number of carbonyl (C=O) groups excluding carboxylic acids is 1. The quantitative estimate of drug-likeness (QED) is 0.469. The van der Waals surface area contributed by atoms with Crippen molar-refractivity contribution >= 4 is 28.7 Å². The van der Waals surface area contributed by atoms with Gasteiger partial charge in [0, 0.05) is 37.7 Å². The minimum absolute atomic E-state index is 0.00826. The third kappa shape index (κ3) is 4.99. The number of benzene rings is 2. The molecule has 1 atom stereocenters. The number of nitrogens with one attached hydrogen (secondary N) is 1. The van der Waals surface area contributed by atoms with Gasteiger partial charge in [0.1, 0.15) is 17.9 Å². The van der Waals surface area contributed by atoms with Gasteiger partial charge in [-0.3, -0.25) is 0 Å². The molecule has 1 N–H and O–H groups in total. The maximum absolute atomic E-state index is 13.0. The number of alkyl halides is 3. The summed E-state index contributed by atoms with van der Waals surface area (Å²) in [6.07, 6.45) is 0.920. The molecule has 0 spiro atoms. The second-order valence-electron chi connectivity index (χ2n) is 8.28. The average molecular weight is 454 g/mol. The molecular formula is C25H25F3N4O. The second kappa shape index (κ2) is 9.21. The van der Waals surface area contributed by atoms with Crippen LogP contribution in [0.5, 0.6) is 0 Å². The zero-order valence-corrected chi connectivity index (χ0v) is 18.5. The highest BCUT2D eigenvalue weighted by Gasteiger charge is 2.30. The number of aromatic nitrogens is 2. The van der Waals surface area contributed by atoms with Crippen molar-refractivity contribution in [1.29, 1.82) is 0 Å². The number of allylic oxidation sites excluding steroid dienone is 1. The summed E-state index contributed by atoms with van der Waals surface area (Å²) in [6.45, 7) is 2.67. The molecule has 5 nitrogen and oxygen atoms in total. The first kappa shape index (κ1) is 22.8. The van der Waals surface area contributed by atoms with E-state index in [-0.39, 0.29) is 5.92 Å². The SMILES string of the molecule is CCC(C=O)CN(C)C1=NC=C(c2ccc(-c3nc4ccc(C(F)(F)F)cc4[nH]3)cc2)CC1. The van der Waals surface area contributed by atoms with E-state index in [2.05, 4.69) is 15.0 Å². The van der Waals surface area contributed by atoms with Crippen LogP contribution in [0, 0.1) is 5.92 Å². The van der Waals surface area contributed by atoms with Gasteiger partial charge in [-0.15, -0.1) is 0 Å². The molecule has 8 heteroatoms. The molecule has 0 fully saturated rings. The number of fused-ring (bicyclic) bond motifs is 1. The number of hydrogen-bond acceptors (Lipinski definition) is 4. The molecule has 1 aliphatic heterocycles. The third-order valence-electron chi connectivity index (χ3n) is 5.99. The van der Waals surface area contributed by atoms with Gasteiger partial charge in [-0.2, -0.15) is 13.2 Å². The van der Waals surface area contributed by atoms with E-state index in [9.17, 15) is 18.0 Å². The number of imidazole rings is 1. The van der Waals surface area contributed by atoms with Crippen molar-refractivity contribution in [2.75, 3.05) is 13.6 Å². The second-order valence-corrected chi connectivity index (χ2v) is 8.28. The number of hydrogen-bond donors (Lipinski definition) is 1. The lowest BCUT2D eigenvalue weighted by Gasteiger charge is -2.25. The maximum Gasteiger partial charge on any atom is 0.416 e. The van der Waals surface area contributed by atoms with Crippen LogP contribution in [-0.4, -0.2) is 40.6 Å². The molecule has 0 amide bonds. The van der Waals surface area contributed by atoms with Crippen LogP contribution in [0.25, 0.3) is 28.0 Å². The van der Waals surface area contributed by atoms with Crippen LogP contribution in [-0.2, 0) is 11.0 Å². The van der Waals surface area contributed by atoms with Crippen molar-refractivity contribution in [2.45, 2.75) is 32.4 Å². The van der Waals surface area contributed by atoms with Crippen molar-refractivity contribution < 1.29 is 18.0 Å². The van der Waals surface area contributed by atoms with Gasteiger partial charge in [0.25, 0.3) is 0 Å². The highest BCUT2D eigenvalue weighted by molar-refractivity contribution is 5.88. The Bertz CT molecular complexity index is 1210. The lowest BCUT2D eigenvalue weighted by molar-refractivity contribution is -0.137. The van der Waals surface area contributed by atoms with Crippen LogP contribution in [0.1, 0.15) is 37.3 Å². The van der Waals surface area contributed by atoms with Gasteiger partial charge < -0.3 is 14.7 Å². The summed E-state index contributed by atoms with van der Waals surface area (Å²) in [5.41, 5.74) is 3.09. The minimum Gasteiger partial charge on any atom is -0.362 e. The maximum atomic E-state index is 13.0. The number of nitrogens with zero attached hydrogens (tertiary/aromatic N) is 3. The molecule has 33 heavy (non-hydrogen) atoms. The number of aldehydes is 1. The number of amidine groups is 1. The van der Waals surface area contributed by atoms with Crippen LogP contribution in [0.15, 0.2) is 53.7 Å². The molecule has 0 bridgehead atoms. The fourth-order valence-electron chi connectivity index (χ4n) is 3.93. The average Bonchev–Trinajstić information content (AvgIpc) is 3.25. The summed E-state index contributed by atoms with van der Waals surface area (Å²) >= 11 is 0. The smallest absolute Gasteiger partial charge is 0.362 e. The molecule has 3 aromatic rings. The molecule has 0 radical (unpaired) electrons. The van der Waals surface area contributed by atoms with Crippen molar-refractivity contribution in [3.63, 3.8) is 0 Å². The first-order valence-corrected chi connectivity index (χ1v) is 10.9. The van der Waals surface area contributed by atoms with Crippen molar-refractivity contribution in [1.82, 2.24) is 14.9 Å². The largest absolute Gasteiger partial charge is 0.416 e.